The average Bonchev–Trinajstić information content (AvgIpc) is 2.39. The molecule has 0 radical (unpaired) electrons. The van der Waals surface area contributed by atoms with Crippen LogP contribution < -0.4 is 0 Å². The van der Waals surface area contributed by atoms with E-state index in [1.165, 1.54) is 6.92 Å². The summed E-state index contributed by atoms with van der Waals surface area (Å²) in [4.78, 5) is 44.7. The molecule has 0 spiro atoms. The Morgan fingerprint density at radius 2 is 1.57 bits per heavy atom. The van der Waals surface area contributed by atoms with Gasteiger partial charge in [0.05, 0.1) is 0 Å². The van der Waals surface area contributed by atoms with Gasteiger partial charge in [0.1, 0.15) is 12.9 Å². The van der Waals surface area contributed by atoms with Crippen molar-refractivity contribution in [3.05, 3.63) is 12.0 Å². The summed E-state index contributed by atoms with van der Waals surface area (Å²) < 4.78 is 25.2. The van der Waals surface area contributed by atoms with Crippen LogP contribution >= 0.6 is 0 Å². The van der Waals surface area contributed by atoms with Crippen molar-refractivity contribution >= 4 is 23.9 Å². The van der Waals surface area contributed by atoms with E-state index in [2.05, 4.69) is 0 Å². The van der Waals surface area contributed by atoms with Gasteiger partial charge in [-0.15, -0.1) is 0 Å². The minimum Gasteiger partial charge on any atom is -0.487 e. The molecule has 3 atom stereocenters. The van der Waals surface area contributed by atoms with E-state index in [0.29, 0.717) is 0 Å². The molecule has 0 aromatic heterocycles. The Balaban J connectivity index is 3.07. The molecule has 0 aliphatic carbocycles. The number of ether oxygens (including phenoxy) is 5. The highest BCUT2D eigenvalue weighted by atomic mass is 16.6. The van der Waals surface area contributed by atoms with Crippen LogP contribution in [-0.4, -0.2) is 48.8 Å². The number of carbonyl (C=O) groups excluding carboxylic acids is 4. The van der Waals surface area contributed by atoms with Crippen molar-refractivity contribution in [1.29, 1.82) is 0 Å². The van der Waals surface area contributed by atoms with Crippen LogP contribution in [0.25, 0.3) is 0 Å². The monoisotopic (exact) mass is 330 g/mol. The summed E-state index contributed by atoms with van der Waals surface area (Å²) in [5, 5.41) is 0. The smallest absolute Gasteiger partial charge is 0.307 e. The van der Waals surface area contributed by atoms with Crippen LogP contribution in [0.4, 0.5) is 0 Å². The average molecular weight is 330 g/mol. The summed E-state index contributed by atoms with van der Waals surface area (Å²) in [5.41, 5.74) is 0. The molecule has 9 nitrogen and oxygen atoms in total. The van der Waals surface area contributed by atoms with Gasteiger partial charge in [-0.3, -0.25) is 19.2 Å². The second-order valence-electron chi connectivity index (χ2n) is 4.70. The third kappa shape index (κ3) is 5.97. The van der Waals surface area contributed by atoms with E-state index < -0.39 is 42.2 Å². The highest BCUT2D eigenvalue weighted by Crippen LogP contribution is 2.26. The number of esters is 4. The molecule has 9 heteroatoms. The molecule has 0 saturated heterocycles. The lowest BCUT2D eigenvalue weighted by Crippen LogP contribution is -2.50. The first kappa shape index (κ1) is 18.5. The Labute approximate surface area is 132 Å². The van der Waals surface area contributed by atoms with Gasteiger partial charge in [-0.1, -0.05) is 0 Å². The predicted molar refractivity (Wildman–Crippen MR) is 72.5 cm³/mol. The zero-order chi connectivity index (χ0) is 17.6. The van der Waals surface area contributed by atoms with E-state index in [1.54, 1.807) is 0 Å². The molecule has 128 valence electrons. The summed E-state index contributed by atoms with van der Waals surface area (Å²) >= 11 is 0. The Bertz CT molecular complexity index is 522. The van der Waals surface area contributed by atoms with Gasteiger partial charge in [0.25, 0.3) is 0 Å². The number of rotatable bonds is 5. The maximum Gasteiger partial charge on any atom is 0.307 e. The fraction of sp³-hybridized carbons (Fsp3) is 0.571. The normalized spacial score (nSPS) is 23.0. The molecule has 0 bridgehead atoms. The lowest BCUT2D eigenvalue weighted by atomic mass is 10.0. The second-order valence-corrected chi connectivity index (χ2v) is 4.70. The molecule has 0 saturated carbocycles. The molecule has 0 N–H and O–H groups in total. The summed E-state index contributed by atoms with van der Waals surface area (Å²) in [6.45, 7) is 4.41. The second kappa shape index (κ2) is 8.16. The minimum atomic E-state index is -1.20. The van der Waals surface area contributed by atoms with Crippen LogP contribution in [0.2, 0.25) is 0 Å². The lowest BCUT2D eigenvalue weighted by Gasteiger charge is -2.35. The Morgan fingerprint density at radius 3 is 2.04 bits per heavy atom. The van der Waals surface area contributed by atoms with Gasteiger partial charge >= 0.3 is 23.9 Å². The van der Waals surface area contributed by atoms with Crippen LogP contribution in [0, 0.1) is 0 Å². The molecule has 1 aliphatic heterocycles. The van der Waals surface area contributed by atoms with Crippen molar-refractivity contribution in [3.8, 4) is 0 Å². The Hall–Kier alpha value is -2.58. The van der Waals surface area contributed by atoms with Crippen LogP contribution in [0.5, 0.6) is 0 Å². The molecule has 0 amide bonds. The van der Waals surface area contributed by atoms with Crippen molar-refractivity contribution in [3.63, 3.8) is 0 Å². The van der Waals surface area contributed by atoms with Gasteiger partial charge in [0.15, 0.2) is 18.0 Å². The summed E-state index contributed by atoms with van der Waals surface area (Å²) in [6.07, 6.45) is -2.21. The van der Waals surface area contributed by atoms with Gasteiger partial charge in [-0.05, 0) is 0 Å². The van der Waals surface area contributed by atoms with Gasteiger partial charge < -0.3 is 23.7 Å². The molecule has 0 aromatic carbocycles. The maximum absolute atomic E-state index is 11.3. The standard InChI is InChI=1S/C14H18O9/c1-7(15)19-5-11-13(22-9(3)17)14(23-10(4)18)12(6-20-11)21-8(2)16/h6,11,13-14H,5H2,1-4H3/t11-,13-,14-/m1/s1. The predicted octanol–water partition coefficient (Wildman–Crippen LogP) is 0.216. The minimum absolute atomic E-state index is 0.127. The Morgan fingerprint density at radius 1 is 0.957 bits per heavy atom. The lowest BCUT2D eigenvalue weighted by molar-refractivity contribution is -0.186. The van der Waals surface area contributed by atoms with Crippen molar-refractivity contribution in [2.45, 2.75) is 46.0 Å². The molecular weight excluding hydrogens is 312 g/mol. The molecule has 0 fully saturated rings. The molecule has 1 aliphatic rings. The Kier molecular flexibility index (Phi) is 6.55. The van der Waals surface area contributed by atoms with E-state index in [0.717, 1.165) is 27.0 Å². The van der Waals surface area contributed by atoms with E-state index in [1.807, 2.05) is 0 Å². The van der Waals surface area contributed by atoms with E-state index >= 15 is 0 Å². The summed E-state index contributed by atoms with van der Waals surface area (Å²) in [6, 6.07) is 0. The quantitative estimate of drug-likeness (QED) is 0.515. The third-order valence-corrected chi connectivity index (χ3v) is 2.61. The van der Waals surface area contributed by atoms with Gasteiger partial charge in [-0.2, -0.15) is 0 Å². The third-order valence-electron chi connectivity index (χ3n) is 2.61. The zero-order valence-electron chi connectivity index (χ0n) is 13.2. The summed E-state index contributed by atoms with van der Waals surface area (Å²) in [5.74, 6) is -2.71. The molecule has 0 unspecified atom stereocenters. The van der Waals surface area contributed by atoms with Crippen molar-refractivity contribution in [2.24, 2.45) is 0 Å². The van der Waals surface area contributed by atoms with Crippen molar-refractivity contribution < 1.29 is 42.9 Å². The van der Waals surface area contributed by atoms with Gasteiger partial charge in [-0.25, -0.2) is 0 Å². The molecule has 0 aromatic rings. The fourth-order valence-electron chi connectivity index (χ4n) is 1.87. The first-order chi connectivity index (χ1) is 10.7. The van der Waals surface area contributed by atoms with Gasteiger partial charge in [0.2, 0.25) is 6.10 Å². The van der Waals surface area contributed by atoms with Crippen LogP contribution in [-0.2, 0) is 42.9 Å². The van der Waals surface area contributed by atoms with Crippen LogP contribution in [0.15, 0.2) is 12.0 Å². The van der Waals surface area contributed by atoms with E-state index in [4.69, 9.17) is 23.7 Å². The van der Waals surface area contributed by atoms with Gasteiger partial charge in [0, 0.05) is 27.7 Å². The van der Waals surface area contributed by atoms with E-state index in [9.17, 15) is 19.2 Å². The SMILES string of the molecule is CC(=O)OC[C@H]1OC=C(OC(C)=O)[C@@H](OC(C)=O)[C@@H]1OC(C)=O. The number of hydrogen-bond acceptors (Lipinski definition) is 9. The highest BCUT2D eigenvalue weighted by Gasteiger charge is 2.44. The largest absolute Gasteiger partial charge is 0.487 e. The maximum atomic E-state index is 11.3. The first-order valence-corrected chi connectivity index (χ1v) is 6.72. The highest BCUT2D eigenvalue weighted by molar-refractivity contribution is 5.69. The molecular formula is C14H18O9. The summed E-state index contributed by atoms with van der Waals surface area (Å²) in [7, 11) is 0. The van der Waals surface area contributed by atoms with Crippen molar-refractivity contribution in [1.82, 2.24) is 0 Å². The number of carbonyl (C=O) groups is 4. The fourth-order valence-corrected chi connectivity index (χ4v) is 1.87. The molecule has 1 heterocycles. The first-order valence-electron chi connectivity index (χ1n) is 6.72. The number of hydrogen-bond donors (Lipinski definition) is 0. The zero-order valence-corrected chi connectivity index (χ0v) is 13.2. The van der Waals surface area contributed by atoms with E-state index in [-0.39, 0.29) is 12.4 Å². The molecule has 1 rings (SSSR count). The molecule has 23 heavy (non-hydrogen) atoms. The topological polar surface area (TPSA) is 114 Å². The van der Waals surface area contributed by atoms with Crippen LogP contribution in [0.1, 0.15) is 27.7 Å². The van der Waals surface area contributed by atoms with Crippen LogP contribution in [0.3, 0.4) is 0 Å². The van der Waals surface area contributed by atoms with Crippen molar-refractivity contribution in [2.75, 3.05) is 6.61 Å².